The Hall–Kier alpha value is -2.82. The summed E-state index contributed by atoms with van der Waals surface area (Å²) in [7, 11) is 1.60. The lowest BCUT2D eigenvalue weighted by Gasteiger charge is -2.16. The third-order valence-electron chi connectivity index (χ3n) is 3.68. The van der Waals surface area contributed by atoms with Crippen molar-refractivity contribution < 1.29 is 14.6 Å². The lowest BCUT2D eigenvalue weighted by Crippen LogP contribution is -2.10. The summed E-state index contributed by atoms with van der Waals surface area (Å²) in [6.45, 7) is 0. The summed E-state index contributed by atoms with van der Waals surface area (Å²) >= 11 is 0. The predicted octanol–water partition coefficient (Wildman–Crippen LogP) is 2.95. The second-order valence-corrected chi connectivity index (χ2v) is 5.04. The van der Waals surface area contributed by atoms with Crippen molar-refractivity contribution in [3.05, 3.63) is 66.1 Å². The molecule has 3 aromatic rings. The maximum Gasteiger partial charge on any atom is 0.304 e. The first-order valence-electron chi connectivity index (χ1n) is 6.97. The number of fused-ring (bicyclic) bond motifs is 1. The molecule has 0 radical (unpaired) electrons. The van der Waals surface area contributed by atoms with Crippen molar-refractivity contribution in [2.45, 2.75) is 12.3 Å². The van der Waals surface area contributed by atoms with E-state index >= 15 is 0 Å². The summed E-state index contributed by atoms with van der Waals surface area (Å²) in [5.41, 5.74) is 2.55. The number of rotatable bonds is 5. The van der Waals surface area contributed by atoms with Crippen LogP contribution in [-0.2, 0) is 4.79 Å². The van der Waals surface area contributed by atoms with Gasteiger partial charge >= 0.3 is 5.97 Å². The minimum Gasteiger partial charge on any atom is -0.497 e. The van der Waals surface area contributed by atoms with Crippen LogP contribution in [0.3, 0.4) is 0 Å². The molecule has 0 spiro atoms. The zero-order valence-corrected chi connectivity index (χ0v) is 12.1. The number of imidazole rings is 1. The van der Waals surface area contributed by atoms with Crippen molar-refractivity contribution in [1.29, 1.82) is 0 Å². The number of hydrogen-bond donors (Lipinski definition) is 1. The van der Waals surface area contributed by atoms with Gasteiger partial charge in [0.15, 0.2) is 0 Å². The van der Waals surface area contributed by atoms with Crippen LogP contribution >= 0.6 is 0 Å². The van der Waals surface area contributed by atoms with E-state index in [2.05, 4.69) is 4.98 Å². The molecular weight excluding hydrogens is 280 g/mol. The first kappa shape index (κ1) is 14.1. The molecule has 1 aromatic carbocycles. The Morgan fingerprint density at radius 2 is 2.18 bits per heavy atom. The number of carboxylic acid groups (broad SMARTS) is 1. The van der Waals surface area contributed by atoms with Crippen molar-refractivity contribution in [2.75, 3.05) is 7.11 Å². The average molecular weight is 296 g/mol. The van der Waals surface area contributed by atoms with Gasteiger partial charge < -0.3 is 14.2 Å². The number of pyridine rings is 1. The minimum atomic E-state index is -0.848. The van der Waals surface area contributed by atoms with E-state index in [0.29, 0.717) is 5.75 Å². The standard InChI is InChI=1S/C17H16N2O3/c1-22-13-6-4-5-12(9-13)14(10-17(20)21)15-11-18-16-7-2-3-8-19(15)16/h2-9,11,14H,10H2,1H3,(H,20,21). The molecule has 2 aromatic heterocycles. The molecule has 5 heteroatoms. The van der Waals surface area contributed by atoms with Crippen LogP contribution in [0.25, 0.3) is 5.65 Å². The van der Waals surface area contributed by atoms with Crippen LogP contribution in [0.4, 0.5) is 0 Å². The molecule has 0 aliphatic heterocycles. The van der Waals surface area contributed by atoms with Crippen molar-refractivity contribution >= 4 is 11.6 Å². The highest BCUT2D eigenvalue weighted by Gasteiger charge is 2.21. The van der Waals surface area contributed by atoms with Gasteiger partial charge in [-0.1, -0.05) is 18.2 Å². The first-order chi connectivity index (χ1) is 10.7. The Labute approximate surface area is 127 Å². The first-order valence-corrected chi connectivity index (χ1v) is 6.97. The fraction of sp³-hybridized carbons (Fsp3) is 0.176. The summed E-state index contributed by atoms with van der Waals surface area (Å²) in [4.78, 5) is 15.7. The Morgan fingerprint density at radius 1 is 1.32 bits per heavy atom. The van der Waals surface area contributed by atoms with Gasteiger partial charge in [0.05, 0.1) is 19.2 Å². The maximum atomic E-state index is 11.3. The van der Waals surface area contributed by atoms with E-state index in [1.165, 1.54) is 0 Å². The number of aliphatic carboxylic acids is 1. The third kappa shape index (κ3) is 2.65. The van der Waals surface area contributed by atoms with Crippen LogP contribution in [0.15, 0.2) is 54.9 Å². The number of nitrogens with zero attached hydrogens (tertiary/aromatic N) is 2. The van der Waals surface area contributed by atoms with E-state index in [-0.39, 0.29) is 12.3 Å². The zero-order chi connectivity index (χ0) is 15.5. The molecule has 0 amide bonds. The SMILES string of the molecule is COc1cccc(C(CC(=O)O)c2cnc3ccccn23)c1. The second kappa shape index (κ2) is 5.89. The summed E-state index contributed by atoms with van der Waals surface area (Å²) < 4.78 is 7.17. The maximum absolute atomic E-state index is 11.3. The Morgan fingerprint density at radius 3 is 2.95 bits per heavy atom. The number of hydrogen-bond acceptors (Lipinski definition) is 3. The van der Waals surface area contributed by atoms with Crippen LogP contribution in [0.1, 0.15) is 23.6 Å². The summed E-state index contributed by atoms with van der Waals surface area (Å²) in [6, 6.07) is 13.2. The van der Waals surface area contributed by atoms with Gasteiger partial charge in [0, 0.05) is 18.3 Å². The van der Waals surface area contributed by atoms with Gasteiger partial charge in [0.1, 0.15) is 11.4 Å². The molecule has 1 N–H and O–H groups in total. The summed E-state index contributed by atoms with van der Waals surface area (Å²) in [6.07, 6.45) is 3.63. The van der Waals surface area contributed by atoms with Crippen molar-refractivity contribution in [2.24, 2.45) is 0 Å². The predicted molar refractivity (Wildman–Crippen MR) is 82.3 cm³/mol. The molecule has 2 heterocycles. The monoisotopic (exact) mass is 296 g/mol. The van der Waals surface area contributed by atoms with Gasteiger partial charge in [-0.15, -0.1) is 0 Å². The molecule has 112 valence electrons. The highest BCUT2D eigenvalue weighted by atomic mass is 16.5. The van der Waals surface area contributed by atoms with E-state index in [0.717, 1.165) is 16.9 Å². The Bertz CT molecular complexity index is 810. The minimum absolute atomic E-state index is 0.00411. The third-order valence-corrected chi connectivity index (χ3v) is 3.68. The molecule has 0 saturated heterocycles. The molecule has 22 heavy (non-hydrogen) atoms. The van der Waals surface area contributed by atoms with E-state index in [9.17, 15) is 9.90 Å². The van der Waals surface area contributed by atoms with Crippen LogP contribution in [0.5, 0.6) is 5.75 Å². The normalized spacial score (nSPS) is 12.2. The number of carboxylic acids is 1. The number of carbonyl (C=O) groups is 1. The molecule has 5 nitrogen and oxygen atoms in total. The van der Waals surface area contributed by atoms with Crippen LogP contribution in [0.2, 0.25) is 0 Å². The number of aromatic nitrogens is 2. The van der Waals surface area contributed by atoms with E-state index in [1.807, 2.05) is 53.1 Å². The molecule has 0 bridgehead atoms. The van der Waals surface area contributed by atoms with E-state index in [1.54, 1.807) is 13.3 Å². The zero-order valence-electron chi connectivity index (χ0n) is 12.1. The topological polar surface area (TPSA) is 63.8 Å². The molecule has 0 fully saturated rings. The van der Waals surface area contributed by atoms with E-state index < -0.39 is 5.97 Å². The largest absolute Gasteiger partial charge is 0.497 e. The second-order valence-electron chi connectivity index (χ2n) is 5.04. The van der Waals surface area contributed by atoms with Crippen LogP contribution < -0.4 is 4.74 Å². The number of benzene rings is 1. The Kier molecular flexibility index (Phi) is 3.78. The molecule has 0 aliphatic rings. The smallest absolute Gasteiger partial charge is 0.304 e. The number of methoxy groups -OCH3 is 1. The van der Waals surface area contributed by atoms with Crippen molar-refractivity contribution in [1.82, 2.24) is 9.38 Å². The fourth-order valence-electron chi connectivity index (χ4n) is 2.64. The van der Waals surface area contributed by atoms with Gasteiger partial charge in [0.2, 0.25) is 0 Å². The van der Waals surface area contributed by atoms with Gasteiger partial charge in [-0.25, -0.2) is 4.98 Å². The van der Waals surface area contributed by atoms with Crippen LogP contribution in [0, 0.1) is 0 Å². The Balaban J connectivity index is 2.11. The average Bonchev–Trinajstić information content (AvgIpc) is 2.96. The quantitative estimate of drug-likeness (QED) is 0.786. The fourth-order valence-corrected chi connectivity index (χ4v) is 2.64. The van der Waals surface area contributed by atoms with Gasteiger partial charge in [-0.3, -0.25) is 4.79 Å². The summed E-state index contributed by atoms with van der Waals surface area (Å²) in [5.74, 6) is -0.426. The lowest BCUT2D eigenvalue weighted by molar-refractivity contribution is -0.137. The van der Waals surface area contributed by atoms with Gasteiger partial charge in [-0.05, 0) is 29.8 Å². The molecule has 3 rings (SSSR count). The summed E-state index contributed by atoms with van der Waals surface area (Å²) in [5, 5.41) is 9.28. The lowest BCUT2D eigenvalue weighted by atomic mass is 9.92. The highest BCUT2D eigenvalue weighted by molar-refractivity contribution is 5.69. The van der Waals surface area contributed by atoms with Crippen molar-refractivity contribution in [3.63, 3.8) is 0 Å². The van der Waals surface area contributed by atoms with Gasteiger partial charge in [0.25, 0.3) is 0 Å². The van der Waals surface area contributed by atoms with Gasteiger partial charge in [-0.2, -0.15) is 0 Å². The van der Waals surface area contributed by atoms with Crippen LogP contribution in [-0.4, -0.2) is 27.6 Å². The molecule has 1 unspecified atom stereocenters. The number of ether oxygens (including phenoxy) is 1. The highest BCUT2D eigenvalue weighted by Crippen LogP contribution is 2.30. The van der Waals surface area contributed by atoms with Crippen molar-refractivity contribution in [3.8, 4) is 5.75 Å². The molecule has 0 saturated carbocycles. The van der Waals surface area contributed by atoms with E-state index in [4.69, 9.17) is 4.74 Å². The molecular formula is C17H16N2O3. The molecule has 1 atom stereocenters. The molecule has 0 aliphatic carbocycles.